The van der Waals surface area contributed by atoms with Gasteiger partial charge in [-0.25, -0.2) is 9.97 Å². The highest BCUT2D eigenvalue weighted by Gasteiger charge is 2.20. The lowest BCUT2D eigenvalue weighted by Crippen LogP contribution is -2.31. The van der Waals surface area contributed by atoms with Crippen LogP contribution in [0.5, 0.6) is 0 Å². The molecule has 5 rings (SSSR count). The summed E-state index contributed by atoms with van der Waals surface area (Å²) >= 11 is 0. The summed E-state index contributed by atoms with van der Waals surface area (Å²) < 4.78 is 1.74. The number of aromatic nitrogens is 5. The van der Waals surface area contributed by atoms with Gasteiger partial charge >= 0.3 is 0 Å². The van der Waals surface area contributed by atoms with E-state index < -0.39 is 0 Å². The van der Waals surface area contributed by atoms with E-state index in [1.54, 1.807) is 17.1 Å². The molecule has 0 atom stereocenters. The van der Waals surface area contributed by atoms with Gasteiger partial charge in [-0.15, -0.1) is 0 Å². The van der Waals surface area contributed by atoms with E-state index in [0.29, 0.717) is 22.6 Å². The number of pyridine rings is 1. The molecule has 1 amide bonds. The van der Waals surface area contributed by atoms with E-state index in [4.69, 9.17) is 4.98 Å². The highest BCUT2D eigenvalue weighted by atomic mass is 16.2. The zero-order valence-electron chi connectivity index (χ0n) is 17.2. The predicted octanol–water partition coefficient (Wildman–Crippen LogP) is 3.84. The average molecular weight is 400 g/mol. The van der Waals surface area contributed by atoms with Crippen LogP contribution in [-0.2, 0) is 7.05 Å². The van der Waals surface area contributed by atoms with Crippen molar-refractivity contribution in [1.29, 1.82) is 0 Å². The number of carbonyl (C=O) groups is 1. The molecule has 0 saturated heterocycles. The number of aryl methyl sites for hydroxylation is 1. The van der Waals surface area contributed by atoms with Crippen LogP contribution in [0.15, 0.2) is 42.9 Å². The van der Waals surface area contributed by atoms with Crippen LogP contribution in [0.4, 0.5) is 0 Å². The SMILES string of the molecule is CN(CC1CCCC1)C(=O)c1ccc2ncc(-c3cnc4nn(C)cc4c3)nc2c1. The summed E-state index contributed by atoms with van der Waals surface area (Å²) in [6.07, 6.45) is 10.4. The molecule has 7 nitrogen and oxygen atoms in total. The van der Waals surface area contributed by atoms with Crippen LogP contribution < -0.4 is 0 Å². The Morgan fingerprint density at radius 1 is 1.13 bits per heavy atom. The van der Waals surface area contributed by atoms with Crippen molar-refractivity contribution in [2.45, 2.75) is 25.7 Å². The smallest absolute Gasteiger partial charge is 0.253 e. The van der Waals surface area contributed by atoms with Crippen LogP contribution in [0.1, 0.15) is 36.0 Å². The third-order valence-corrected chi connectivity index (χ3v) is 5.91. The van der Waals surface area contributed by atoms with Crippen LogP contribution >= 0.6 is 0 Å². The lowest BCUT2D eigenvalue weighted by atomic mass is 10.1. The zero-order chi connectivity index (χ0) is 20.7. The molecule has 4 aromatic rings. The maximum absolute atomic E-state index is 12.9. The lowest BCUT2D eigenvalue weighted by molar-refractivity contribution is 0.0773. The first kappa shape index (κ1) is 18.7. The summed E-state index contributed by atoms with van der Waals surface area (Å²) in [5, 5.41) is 5.26. The van der Waals surface area contributed by atoms with Gasteiger partial charge in [-0.1, -0.05) is 12.8 Å². The summed E-state index contributed by atoms with van der Waals surface area (Å²) in [5.41, 5.74) is 4.43. The zero-order valence-corrected chi connectivity index (χ0v) is 17.2. The first-order valence-electron chi connectivity index (χ1n) is 10.4. The summed E-state index contributed by atoms with van der Waals surface area (Å²) in [6.45, 7) is 0.819. The fourth-order valence-corrected chi connectivity index (χ4v) is 4.34. The first-order valence-corrected chi connectivity index (χ1v) is 10.4. The van der Waals surface area contributed by atoms with E-state index in [2.05, 4.69) is 15.1 Å². The fourth-order valence-electron chi connectivity index (χ4n) is 4.34. The molecule has 0 aliphatic heterocycles. The van der Waals surface area contributed by atoms with Crippen molar-refractivity contribution in [2.75, 3.05) is 13.6 Å². The topological polar surface area (TPSA) is 76.8 Å². The van der Waals surface area contributed by atoms with E-state index in [1.807, 2.05) is 49.5 Å². The van der Waals surface area contributed by atoms with Gasteiger partial charge in [-0.05, 0) is 43.0 Å². The van der Waals surface area contributed by atoms with E-state index in [1.165, 1.54) is 25.7 Å². The molecule has 1 aliphatic carbocycles. The van der Waals surface area contributed by atoms with Crippen LogP contribution in [0.25, 0.3) is 33.3 Å². The molecule has 1 aromatic carbocycles. The minimum absolute atomic E-state index is 0.0365. The Balaban J connectivity index is 1.45. The number of hydrogen-bond acceptors (Lipinski definition) is 5. The van der Waals surface area contributed by atoms with Crippen molar-refractivity contribution in [3.8, 4) is 11.3 Å². The highest BCUT2D eigenvalue weighted by Crippen LogP contribution is 2.26. The number of carbonyl (C=O) groups excluding carboxylic acids is 1. The van der Waals surface area contributed by atoms with Crippen molar-refractivity contribution in [1.82, 2.24) is 29.6 Å². The third kappa shape index (κ3) is 3.51. The molecule has 3 aromatic heterocycles. The maximum Gasteiger partial charge on any atom is 0.253 e. The number of nitrogens with zero attached hydrogens (tertiary/aromatic N) is 6. The molecule has 1 fully saturated rings. The lowest BCUT2D eigenvalue weighted by Gasteiger charge is -2.21. The van der Waals surface area contributed by atoms with Gasteiger partial charge in [0, 0.05) is 49.5 Å². The van der Waals surface area contributed by atoms with Gasteiger partial charge < -0.3 is 4.90 Å². The molecule has 3 heterocycles. The molecule has 0 radical (unpaired) electrons. The van der Waals surface area contributed by atoms with Gasteiger partial charge in [0.1, 0.15) is 0 Å². The van der Waals surface area contributed by atoms with Gasteiger partial charge in [0.15, 0.2) is 5.65 Å². The molecule has 30 heavy (non-hydrogen) atoms. The first-order chi connectivity index (χ1) is 14.6. The highest BCUT2D eigenvalue weighted by molar-refractivity contribution is 5.97. The fraction of sp³-hybridized carbons (Fsp3) is 0.348. The number of amides is 1. The molecule has 1 saturated carbocycles. The summed E-state index contributed by atoms with van der Waals surface area (Å²) in [5.74, 6) is 0.662. The largest absolute Gasteiger partial charge is 0.341 e. The maximum atomic E-state index is 12.9. The van der Waals surface area contributed by atoms with Crippen LogP contribution in [-0.4, -0.2) is 49.1 Å². The Hall–Kier alpha value is -3.35. The molecule has 0 unspecified atom stereocenters. The van der Waals surface area contributed by atoms with Gasteiger partial charge in [-0.3, -0.25) is 14.5 Å². The molecule has 152 valence electrons. The monoisotopic (exact) mass is 400 g/mol. The normalized spacial score (nSPS) is 14.6. The second-order valence-electron chi connectivity index (χ2n) is 8.23. The molecular formula is C23H24N6O. The van der Waals surface area contributed by atoms with E-state index in [0.717, 1.165) is 28.7 Å². The van der Waals surface area contributed by atoms with Crippen molar-refractivity contribution >= 4 is 28.0 Å². The second kappa shape index (κ2) is 7.48. The minimum atomic E-state index is 0.0365. The Bertz CT molecular complexity index is 1240. The molecule has 1 aliphatic rings. The standard InChI is InChI=1S/C23H24N6O/c1-28(13-15-5-3-4-6-15)23(30)16-7-8-19-20(10-16)26-21(12-24-19)17-9-18-14-29(2)27-22(18)25-11-17/h7-12,14-15H,3-6,13H2,1-2H3. The second-order valence-corrected chi connectivity index (χ2v) is 8.23. The van der Waals surface area contributed by atoms with Gasteiger partial charge in [0.2, 0.25) is 0 Å². The Morgan fingerprint density at radius 3 is 2.80 bits per heavy atom. The van der Waals surface area contributed by atoms with Gasteiger partial charge in [0.05, 0.1) is 22.9 Å². The Labute approximate surface area is 174 Å². The molecular weight excluding hydrogens is 376 g/mol. The van der Waals surface area contributed by atoms with E-state index >= 15 is 0 Å². The molecule has 0 spiro atoms. The van der Waals surface area contributed by atoms with Crippen molar-refractivity contribution < 1.29 is 4.79 Å². The van der Waals surface area contributed by atoms with Crippen molar-refractivity contribution in [3.05, 3.63) is 48.4 Å². The van der Waals surface area contributed by atoms with E-state index in [-0.39, 0.29) is 5.91 Å². The van der Waals surface area contributed by atoms with Gasteiger partial charge in [-0.2, -0.15) is 5.10 Å². The Kier molecular flexibility index (Phi) is 4.65. The summed E-state index contributed by atoms with van der Waals surface area (Å²) in [4.78, 5) is 28.5. The Morgan fingerprint density at radius 2 is 1.97 bits per heavy atom. The minimum Gasteiger partial charge on any atom is -0.341 e. The number of benzene rings is 1. The average Bonchev–Trinajstić information content (AvgIpc) is 3.40. The predicted molar refractivity (Wildman–Crippen MR) is 116 cm³/mol. The third-order valence-electron chi connectivity index (χ3n) is 5.91. The molecule has 0 bridgehead atoms. The number of hydrogen-bond donors (Lipinski definition) is 0. The van der Waals surface area contributed by atoms with Gasteiger partial charge in [0.25, 0.3) is 5.91 Å². The summed E-state index contributed by atoms with van der Waals surface area (Å²) in [6, 6.07) is 7.56. The van der Waals surface area contributed by atoms with Crippen molar-refractivity contribution in [3.63, 3.8) is 0 Å². The quantitative estimate of drug-likeness (QED) is 0.520. The molecule has 7 heteroatoms. The number of rotatable bonds is 4. The van der Waals surface area contributed by atoms with E-state index in [9.17, 15) is 4.79 Å². The van der Waals surface area contributed by atoms with Crippen LogP contribution in [0, 0.1) is 5.92 Å². The summed E-state index contributed by atoms with van der Waals surface area (Å²) in [7, 11) is 3.77. The van der Waals surface area contributed by atoms with Crippen molar-refractivity contribution in [2.24, 2.45) is 13.0 Å². The number of fused-ring (bicyclic) bond motifs is 2. The molecule has 0 N–H and O–H groups in total. The van der Waals surface area contributed by atoms with Crippen LogP contribution in [0.2, 0.25) is 0 Å². The van der Waals surface area contributed by atoms with Crippen LogP contribution in [0.3, 0.4) is 0 Å².